The van der Waals surface area contributed by atoms with Gasteiger partial charge in [0.1, 0.15) is 10.6 Å². The fourth-order valence-corrected chi connectivity index (χ4v) is 9.22. The molecular formula is C23H25NO2P+. The molecule has 1 aliphatic heterocycles. The molecule has 1 saturated heterocycles. The van der Waals surface area contributed by atoms with Gasteiger partial charge < -0.3 is 4.84 Å². The van der Waals surface area contributed by atoms with Gasteiger partial charge in [0.15, 0.2) is 6.16 Å². The highest BCUT2D eigenvalue weighted by atomic mass is 31.2. The van der Waals surface area contributed by atoms with Crippen LogP contribution >= 0.6 is 7.41 Å². The fourth-order valence-electron chi connectivity index (χ4n) is 5.13. The Balaban J connectivity index is 1.65. The van der Waals surface area contributed by atoms with Crippen molar-refractivity contribution in [2.45, 2.75) is 38.1 Å². The van der Waals surface area contributed by atoms with Crippen molar-refractivity contribution in [3.63, 3.8) is 0 Å². The lowest BCUT2D eigenvalue weighted by Crippen LogP contribution is -2.55. The molecule has 1 saturated carbocycles. The van der Waals surface area contributed by atoms with E-state index in [9.17, 15) is 4.79 Å². The molecule has 1 spiro atoms. The van der Waals surface area contributed by atoms with Gasteiger partial charge in [-0.1, -0.05) is 48.6 Å². The van der Waals surface area contributed by atoms with Crippen LogP contribution in [0.2, 0.25) is 0 Å². The van der Waals surface area contributed by atoms with Crippen molar-refractivity contribution in [2.24, 2.45) is 5.41 Å². The summed E-state index contributed by atoms with van der Waals surface area (Å²) in [5.74, 6) is -0.0792. The maximum absolute atomic E-state index is 12.7. The Kier molecular flexibility index (Phi) is 4.18. The molecule has 0 radical (unpaired) electrons. The summed E-state index contributed by atoms with van der Waals surface area (Å²) in [5, 5.41) is 2.49. The minimum absolute atomic E-state index is 0.0792. The summed E-state index contributed by atoms with van der Waals surface area (Å²) >= 11 is 0. The fraction of sp³-hybridized carbons (Fsp3) is 0.348. The third-order valence-electron chi connectivity index (χ3n) is 6.65. The smallest absolute Gasteiger partial charge is 0.330 e. The van der Waals surface area contributed by atoms with E-state index in [1.165, 1.54) is 23.5 Å². The number of rotatable bonds is 3. The Morgan fingerprint density at radius 2 is 1.59 bits per heavy atom. The molecule has 3 nitrogen and oxygen atoms in total. The quantitative estimate of drug-likeness (QED) is 0.591. The lowest BCUT2D eigenvalue weighted by atomic mass is 9.59. The zero-order valence-electron chi connectivity index (χ0n) is 15.5. The molecule has 2 atom stereocenters. The van der Waals surface area contributed by atoms with Crippen LogP contribution in [0.5, 0.6) is 0 Å². The van der Waals surface area contributed by atoms with Gasteiger partial charge in [-0.2, -0.15) is 0 Å². The summed E-state index contributed by atoms with van der Waals surface area (Å²) in [4.78, 5) is 20.9. The highest BCUT2D eigenvalue weighted by Crippen LogP contribution is 2.69. The van der Waals surface area contributed by atoms with Gasteiger partial charge in [-0.25, -0.2) is 4.79 Å². The van der Waals surface area contributed by atoms with Crippen molar-refractivity contribution in [3.8, 4) is 0 Å². The zero-order chi connectivity index (χ0) is 18.3. The molecule has 2 unspecified atom stereocenters. The Bertz CT molecular complexity index is 827. The molecule has 2 aliphatic carbocycles. The van der Waals surface area contributed by atoms with Crippen LogP contribution < -0.4 is 10.6 Å². The van der Waals surface area contributed by atoms with Crippen LogP contribution in [-0.2, 0) is 9.63 Å². The summed E-state index contributed by atoms with van der Waals surface area (Å²) < 4.78 is 0. The highest BCUT2D eigenvalue weighted by molar-refractivity contribution is 7.88. The standard InChI is InChI=1S/C23H25NO2P/c25-22-18-27(19-10-4-1-5-11-19,20-12-6-2-7-13-20)24(26-22)21-14-17-23(21)15-8-3-9-16-23/h1-8,10-13,21H,9,14-18H2/q+1. The summed E-state index contributed by atoms with van der Waals surface area (Å²) in [7, 11) is -2.09. The molecule has 2 aromatic rings. The second-order valence-electron chi connectivity index (χ2n) is 8.00. The van der Waals surface area contributed by atoms with Crippen molar-refractivity contribution in [2.75, 3.05) is 6.16 Å². The number of hydroxylamine groups is 1. The number of carbonyl (C=O) groups is 1. The van der Waals surface area contributed by atoms with Gasteiger partial charge in [-0.15, -0.1) is 0 Å². The molecule has 1 heterocycles. The number of allylic oxidation sites excluding steroid dienone is 2. The van der Waals surface area contributed by atoms with Crippen LogP contribution in [-0.4, -0.2) is 23.0 Å². The largest absolute Gasteiger partial charge is 0.368 e. The second-order valence-corrected chi connectivity index (χ2v) is 11.3. The second kappa shape index (κ2) is 6.58. The normalized spacial score (nSPS) is 29.5. The zero-order valence-corrected chi connectivity index (χ0v) is 16.4. The first-order valence-corrected chi connectivity index (χ1v) is 11.8. The van der Waals surface area contributed by atoms with Crippen molar-refractivity contribution >= 4 is 24.0 Å². The number of nitrogens with zero attached hydrogens (tertiary/aromatic N) is 1. The predicted octanol–water partition coefficient (Wildman–Crippen LogP) is 4.23. The third-order valence-corrected chi connectivity index (χ3v) is 10.7. The summed E-state index contributed by atoms with van der Waals surface area (Å²) in [5.41, 5.74) is 0.272. The molecule has 5 rings (SSSR count). The Morgan fingerprint density at radius 3 is 2.11 bits per heavy atom. The van der Waals surface area contributed by atoms with E-state index in [1.807, 2.05) is 12.1 Å². The first-order valence-electron chi connectivity index (χ1n) is 9.89. The first-order chi connectivity index (χ1) is 13.2. The Morgan fingerprint density at radius 1 is 0.926 bits per heavy atom. The lowest BCUT2D eigenvalue weighted by Gasteiger charge is -2.53. The topological polar surface area (TPSA) is 29.5 Å². The van der Waals surface area contributed by atoms with Crippen molar-refractivity contribution < 1.29 is 9.63 Å². The van der Waals surface area contributed by atoms with Crippen molar-refractivity contribution in [1.82, 2.24) is 4.83 Å². The highest BCUT2D eigenvalue weighted by Gasteiger charge is 2.66. The average Bonchev–Trinajstić information content (AvgIpc) is 3.06. The molecule has 4 heteroatoms. The molecule has 0 amide bonds. The number of carbonyl (C=O) groups excluding carboxylic acids is 1. The van der Waals surface area contributed by atoms with E-state index < -0.39 is 7.41 Å². The van der Waals surface area contributed by atoms with Gasteiger partial charge >= 0.3 is 5.97 Å². The molecule has 0 N–H and O–H groups in total. The van der Waals surface area contributed by atoms with E-state index in [4.69, 9.17) is 4.84 Å². The molecular weight excluding hydrogens is 353 g/mol. The van der Waals surface area contributed by atoms with Crippen LogP contribution in [0.15, 0.2) is 72.8 Å². The molecule has 0 bridgehead atoms. The molecule has 3 aliphatic rings. The van der Waals surface area contributed by atoms with Crippen LogP contribution in [0.3, 0.4) is 0 Å². The Labute approximate surface area is 161 Å². The summed E-state index contributed by atoms with van der Waals surface area (Å²) in [6.45, 7) is 0. The maximum Gasteiger partial charge on any atom is 0.368 e. The molecule has 138 valence electrons. The number of hydrogen-bond donors (Lipinski definition) is 0. The minimum atomic E-state index is -2.09. The van der Waals surface area contributed by atoms with Gasteiger partial charge in [0.05, 0.1) is 6.04 Å². The SMILES string of the molecule is O=C1C[P+](c2ccccc2)(c2ccccc2)N(C2CCC23CC=CCC3)O1. The third kappa shape index (κ3) is 2.60. The maximum atomic E-state index is 12.7. The van der Waals surface area contributed by atoms with E-state index in [2.05, 4.69) is 65.5 Å². The molecule has 2 aromatic carbocycles. The number of benzene rings is 2. The van der Waals surface area contributed by atoms with Gasteiger partial charge in [0.2, 0.25) is 7.41 Å². The van der Waals surface area contributed by atoms with Crippen LogP contribution in [0.1, 0.15) is 32.1 Å². The van der Waals surface area contributed by atoms with E-state index in [-0.39, 0.29) is 11.4 Å². The van der Waals surface area contributed by atoms with Crippen LogP contribution in [0.25, 0.3) is 0 Å². The van der Waals surface area contributed by atoms with Crippen LogP contribution in [0, 0.1) is 5.41 Å². The van der Waals surface area contributed by atoms with E-state index in [0.29, 0.717) is 12.2 Å². The Hall–Kier alpha value is -1.96. The van der Waals surface area contributed by atoms with Crippen molar-refractivity contribution in [3.05, 3.63) is 72.8 Å². The molecule has 2 fully saturated rings. The van der Waals surface area contributed by atoms with Crippen molar-refractivity contribution in [1.29, 1.82) is 0 Å². The van der Waals surface area contributed by atoms with Gasteiger partial charge in [-0.05, 0) is 66.6 Å². The minimum Gasteiger partial charge on any atom is -0.330 e. The molecule has 27 heavy (non-hydrogen) atoms. The average molecular weight is 378 g/mol. The lowest BCUT2D eigenvalue weighted by molar-refractivity contribution is -0.185. The summed E-state index contributed by atoms with van der Waals surface area (Å²) in [6.07, 6.45) is 10.9. The van der Waals surface area contributed by atoms with E-state index >= 15 is 0 Å². The molecule has 0 aromatic heterocycles. The van der Waals surface area contributed by atoms with Gasteiger partial charge in [0.25, 0.3) is 0 Å². The predicted molar refractivity (Wildman–Crippen MR) is 110 cm³/mol. The van der Waals surface area contributed by atoms with E-state index in [0.717, 1.165) is 19.3 Å². The first kappa shape index (κ1) is 17.2. The summed E-state index contributed by atoms with van der Waals surface area (Å²) in [6, 6.07) is 21.5. The van der Waals surface area contributed by atoms with E-state index in [1.54, 1.807) is 0 Å². The number of hydrogen-bond acceptors (Lipinski definition) is 3. The van der Waals surface area contributed by atoms with Gasteiger partial charge in [-0.3, -0.25) is 0 Å². The van der Waals surface area contributed by atoms with Gasteiger partial charge in [0, 0.05) is 0 Å². The monoisotopic (exact) mass is 378 g/mol. The van der Waals surface area contributed by atoms with Crippen LogP contribution in [0.4, 0.5) is 0 Å².